The Morgan fingerprint density at radius 3 is 2.00 bits per heavy atom. The molecule has 0 aromatic heterocycles. The van der Waals surface area contributed by atoms with Gasteiger partial charge in [0.2, 0.25) is 0 Å². The zero-order chi connectivity index (χ0) is 14.3. The SMILES string of the molecule is Cc1cc(O)ccc1C(C)C.O=c1cccccc1. The first-order valence-corrected chi connectivity index (χ1v) is 6.35. The molecule has 0 aliphatic rings. The van der Waals surface area contributed by atoms with E-state index in [1.807, 2.05) is 25.1 Å². The Bertz CT molecular complexity index is 552. The average Bonchev–Trinajstić information content (AvgIpc) is 2.57. The van der Waals surface area contributed by atoms with E-state index < -0.39 is 0 Å². The van der Waals surface area contributed by atoms with E-state index in [4.69, 9.17) is 5.11 Å². The van der Waals surface area contributed by atoms with E-state index >= 15 is 0 Å². The summed E-state index contributed by atoms with van der Waals surface area (Å²) in [7, 11) is 0. The maximum atomic E-state index is 10.5. The molecule has 0 saturated heterocycles. The number of phenolic OH excluding ortho intramolecular Hbond substituents is 1. The fraction of sp³-hybridized carbons (Fsp3) is 0.235. The lowest BCUT2D eigenvalue weighted by molar-refractivity contribution is 0.474. The van der Waals surface area contributed by atoms with Crippen molar-refractivity contribution in [2.45, 2.75) is 26.7 Å². The number of benzene rings is 1. The van der Waals surface area contributed by atoms with Gasteiger partial charge in [0.1, 0.15) is 5.75 Å². The zero-order valence-electron chi connectivity index (χ0n) is 11.6. The van der Waals surface area contributed by atoms with Gasteiger partial charge in [-0.1, -0.05) is 44.2 Å². The molecular weight excluding hydrogens is 236 g/mol. The molecule has 1 N–H and O–H groups in total. The fourth-order valence-electron chi connectivity index (χ4n) is 1.79. The van der Waals surface area contributed by atoms with Gasteiger partial charge in [-0.3, -0.25) is 4.79 Å². The number of aryl methyl sites for hydroxylation is 1. The molecule has 0 aliphatic heterocycles. The zero-order valence-corrected chi connectivity index (χ0v) is 11.6. The Balaban J connectivity index is 0.000000200. The Morgan fingerprint density at radius 2 is 1.53 bits per heavy atom. The molecule has 0 unspecified atom stereocenters. The van der Waals surface area contributed by atoms with Crippen molar-refractivity contribution in [1.29, 1.82) is 0 Å². The van der Waals surface area contributed by atoms with Gasteiger partial charge in [-0.2, -0.15) is 0 Å². The Kier molecular flexibility index (Phi) is 5.80. The van der Waals surface area contributed by atoms with Crippen LogP contribution in [0.2, 0.25) is 0 Å². The van der Waals surface area contributed by atoms with Crippen molar-refractivity contribution >= 4 is 0 Å². The molecule has 2 nitrogen and oxygen atoms in total. The van der Waals surface area contributed by atoms with Crippen LogP contribution in [0.4, 0.5) is 0 Å². The normalized spacial score (nSPS) is 9.68. The molecule has 0 atom stereocenters. The summed E-state index contributed by atoms with van der Waals surface area (Å²) in [6.07, 6.45) is 0. The number of hydrogen-bond donors (Lipinski definition) is 1. The van der Waals surface area contributed by atoms with Gasteiger partial charge in [0, 0.05) is 0 Å². The van der Waals surface area contributed by atoms with Gasteiger partial charge in [-0.25, -0.2) is 0 Å². The van der Waals surface area contributed by atoms with Crippen molar-refractivity contribution in [3.8, 4) is 5.75 Å². The fourth-order valence-corrected chi connectivity index (χ4v) is 1.79. The highest BCUT2D eigenvalue weighted by Crippen LogP contribution is 2.22. The van der Waals surface area contributed by atoms with Crippen LogP contribution < -0.4 is 5.43 Å². The van der Waals surface area contributed by atoms with Crippen molar-refractivity contribution in [3.05, 3.63) is 75.9 Å². The third-order valence-corrected chi connectivity index (χ3v) is 2.73. The quantitative estimate of drug-likeness (QED) is 0.841. The van der Waals surface area contributed by atoms with Gasteiger partial charge in [-0.05, 0) is 48.2 Å². The molecule has 0 heterocycles. The first-order chi connectivity index (χ1) is 9.00. The van der Waals surface area contributed by atoms with Crippen LogP contribution in [0, 0.1) is 6.92 Å². The Hall–Kier alpha value is -2.09. The summed E-state index contributed by atoms with van der Waals surface area (Å²) < 4.78 is 0. The second kappa shape index (κ2) is 7.37. The van der Waals surface area contributed by atoms with Gasteiger partial charge in [0.15, 0.2) is 5.43 Å². The van der Waals surface area contributed by atoms with Crippen LogP contribution in [-0.2, 0) is 0 Å². The van der Waals surface area contributed by atoms with Crippen molar-refractivity contribution in [3.63, 3.8) is 0 Å². The van der Waals surface area contributed by atoms with Crippen molar-refractivity contribution < 1.29 is 5.11 Å². The van der Waals surface area contributed by atoms with Crippen LogP contribution in [0.5, 0.6) is 5.75 Å². The van der Waals surface area contributed by atoms with E-state index in [0.717, 1.165) is 0 Å². The predicted octanol–water partition coefficient (Wildman–Crippen LogP) is 3.87. The molecule has 0 fully saturated rings. The van der Waals surface area contributed by atoms with Crippen LogP contribution in [-0.4, -0.2) is 5.11 Å². The summed E-state index contributed by atoms with van der Waals surface area (Å²) in [6.45, 7) is 6.33. The third kappa shape index (κ3) is 5.38. The summed E-state index contributed by atoms with van der Waals surface area (Å²) in [5.41, 5.74) is 2.53. The summed E-state index contributed by atoms with van der Waals surface area (Å²) in [5.74, 6) is 0.891. The lowest BCUT2D eigenvalue weighted by Crippen LogP contribution is -1.90. The minimum atomic E-state index is 0.0509. The molecule has 0 bridgehead atoms. The van der Waals surface area contributed by atoms with Crippen molar-refractivity contribution in [1.82, 2.24) is 0 Å². The Labute approximate surface area is 114 Å². The number of hydrogen-bond acceptors (Lipinski definition) is 2. The van der Waals surface area contributed by atoms with Gasteiger partial charge in [0.05, 0.1) is 0 Å². The van der Waals surface area contributed by atoms with Crippen LogP contribution >= 0.6 is 0 Å². The number of rotatable bonds is 1. The van der Waals surface area contributed by atoms with Gasteiger partial charge in [0.25, 0.3) is 0 Å². The maximum Gasteiger partial charge on any atom is 0.178 e. The van der Waals surface area contributed by atoms with Gasteiger partial charge < -0.3 is 5.11 Å². The van der Waals surface area contributed by atoms with E-state index in [2.05, 4.69) is 13.8 Å². The summed E-state index contributed by atoms with van der Waals surface area (Å²) in [5, 5.41) is 9.12. The van der Waals surface area contributed by atoms with Crippen LogP contribution in [0.3, 0.4) is 0 Å². The standard InChI is InChI=1S/C10H14O.C7H6O/c1-7(2)10-5-4-9(11)6-8(10)3;8-7-5-3-1-2-4-6-7/h4-7,11H,1-3H3;1-6H. The first-order valence-electron chi connectivity index (χ1n) is 6.35. The monoisotopic (exact) mass is 256 g/mol. The molecular formula is C17H20O2. The highest BCUT2D eigenvalue weighted by Gasteiger charge is 2.02. The molecule has 100 valence electrons. The molecule has 0 amide bonds. The average molecular weight is 256 g/mol. The topological polar surface area (TPSA) is 37.3 Å². The lowest BCUT2D eigenvalue weighted by Gasteiger charge is -2.08. The highest BCUT2D eigenvalue weighted by molar-refractivity contribution is 5.35. The van der Waals surface area contributed by atoms with E-state index in [-0.39, 0.29) is 5.43 Å². The predicted molar refractivity (Wildman–Crippen MR) is 79.6 cm³/mol. The third-order valence-electron chi connectivity index (χ3n) is 2.73. The Morgan fingerprint density at radius 1 is 0.947 bits per heavy atom. The van der Waals surface area contributed by atoms with Crippen LogP contribution in [0.1, 0.15) is 30.9 Å². The van der Waals surface area contributed by atoms with Crippen molar-refractivity contribution in [2.24, 2.45) is 0 Å². The van der Waals surface area contributed by atoms with Crippen molar-refractivity contribution in [2.75, 3.05) is 0 Å². The molecule has 2 aromatic rings. The molecule has 2 aromatic carbocycles. The molecule has 2 rings (SSSR count). The molecule has 0 aliphatic carbocycles. The summed E-state index contributed by atoms with van der Waals surface area (Å²) >= 11 is 0. The molecule has 0 saturated carbocycles. The van der Waals surface area contributed by atoms with E-state index in [0.29, 0.717) is 11.7 Å². The van der Waals surface area contributed by atoms with E-state index in [1.165, 1.54) is 23.3 Å². The minimum Gasteiger partial charge on any atom is -0.508 e. The molecule has 19 heavy (non-hydrogen) atoms. The highest BCUT2D eigenvalue weighted by atomic mass is 16.3. The van der Waals surface area contributed by atoms with Gasteiger partial charge in [-0.15, -0.1) is 0 Å². The number of phenols is 1. The first kappa shape index (κ1) is 15.0. The second-order valence-electron chi connectivity index (χ2n) is 4.70. The molecule has 2 heteroatoms. The van der Waals surface area contributed by atoms with Crippen LogP contribution in [0.25, 0.3) is 0 Å². The summed E-state index contributed by atoms with van der Waals surface area (Å²) in [6, 6.07) is 15.7. The largest absolute Gasteiger partial charge is 0.508 e. The van der Waals surface area contributed by atoms with E-state index in [9.17, 15) is 4.79 Å². The smallest absolute Gasteiger partial charge is 0.178 e. The van der Waals surface area contributed by atoms with E-state index in [1.54, 1.807) is 24.3 Å². The van der Waals surface area contributed by atoms with Crippen LogP contribution in [0.15, 0.2) is 59.4 Å². The summed E-state index contributed by atoms with van der Waals surface area (Å²) in [4.78, 5) is 10.5. The van der Waals surface area contributed by atoms with Gasteiger partial charge >= 0.3 is 0 Å². The minimum absolute atomic E-state index is 0.0509. The maximum absolute atomic E-state index is 10.5. The lowest BCUT2D eigenvalue weighted by atomic mass is 9.98. The molecule has 0 spiro atoms. The molecule has 0 radical (unpaired) electrons. The second-order valence-corrected chi connectivity index (χ2v) is 4.70. The number of aromatic hydroxyl groups is 1.